The van der Waals surface area contributed by atoms with E-state index in [1.807, 2.05) is 6.92 Å². The van der Waals surface area contributed by atoms with Gasteiger partial charge in [0.05, 0.1) is 23.7 Å². The van der Waals surface area contributed by atoms with Crippen molar-refractivity contribution in [2.45, 2.75) is 19.4 Å². The normalized spacial score (nSPS) is 11.7. The molecule has 1 N–H and O–H groups in total. The summed E-state index contributed by atoms with van der Waals surface area (Å²) in [5.41, 5.74) is 1.82. The van der Waals surface area contributed by atoms with Crippen molar-refractivity contribution in [1.29, 1.82) is 0 Å². The molecule has 0 aliphatic carbocycles. The number of amides is 1. The maximum absolute atomic E-state index is 12.3. The van der Waals surface area contributed by atoms with Gasteiger partial charge >= 0.3 is 0 Å². The van der Waals surface area contributed by atoms with Crippen molar-refractivity contribution in [1.82, 2.24) is 5.32 Å². The summed E-state index contributed by atoms with van der Waals surface area (Å²) in [4.78, 5) is 23.2. The first-order valence-electron chi connectivity index (χ1n) is 8.74. The first-order chi connectivity index (χ1) is 13.5. The number of nitro benzene ring substituents is 1. The largest absolute Gasteiger partial charge is 0.497 e. The molecule has 0 saturated heterocycles. The topological polar surface area (TPSA) is 99.9 Å². The minimum Gasteiger partial charge on any atom is -0.497 e. The van der Waals surface area contributed by atoms with E-state index in [4.69, 9.17) is 14.2 Å². The third-order valence-electron chi connectivity index (χ3n) is 4.16. The second-order valence-electron chi connectivity index (χ2n) is 6.15. The van der Waals surface area contributed by atoms with Gasteiger partial charge in [0.1, 0.15) is 12.5 Å². The van der Waals surface area contributed by atoms with E-state index in [0.29, 0.717) is 23.3 Å². The van der Waals surface area contributed by atoms with Crippen molar-refractivity contribution < 1.29 is 23.9 Å². The fourth-order valence-corrected chi connectivity index (χ4v) is 2.74. The summed E-state index contributed by atoms with van der Waals surface area (Å²) in [6.45, 7) is 2.12. The van der Waals surface area contributed by atoms with Crippen LogP contribution in [0.3, 0.4) is 0 Å². The molecule has 0 aliphatic rings. The highest BCUT2D eigenvalue weighted by molar-refractivity contribution is 5.94. The molecule has 8 nitrogen and oxygen atoms in total. The molecule has 28 heavy (non-hydrogen) atoms. The fourth-order valence-electron chi connectivity index (χ4n) is 2.74. The molecule has 0 fully saturated rings. The number of rotatable bonds is 10. The lowest BCUT2D eigenvalue weighted by Gasteiger charge is -2.19. The Hall–Kier alpha value is -2.97. The van der Waals surface area contributed by atoms with Crippen molar-refractivity contribution in [2.24, 2.45) is 0 Å². The van der Waals surface area contributed by atoms with Gasteiger partial charge in [-0.25, -0.2) is 0 Å². The highest BCUT2D eigenvalue weighted by Gasteiger charge is 2.23. The van der Waals surface area contributed by atoms with E-state index in [2.05, 4.69) is 5.32 Å². The second-order valence-corrected chi connectivity index (χ2v) is 6.15. The molecule has 2 aromatic rings. The number of nitrogens with zero attached hydrogens (tertiary/aromatic N) is 1. The van der Waals surface area contributed by atoms with Crippen LogP contribution in [0.1, 0.15) is 34.0 Å². The van der Waals surface area contributed by atoms with Gasteiger partial charge in [0.2, 0.25) is 0 Å². The van der Waals surface area contributed by atoms with Crippen LogP contribution in [0.5, 0.6) is 5.75 Å². The third-order valence-corrected chi connectivity index (χ3v) is 4.16. The summed E-state index contributed by atoms with van der Waals surface area (Å²) in [5.74, 6) is 0.420. The van der Waals surface area contributed by atoms with Crippen LogP contribution in [0.25, 0.3) is 0 Å². The molecule has 0 aromatic heterocycles. The van der Waals surface area contributed by atoms with E-state index in [0.717, 1.165) is 5.56 Å². The van der Waals surface area contributed by atoms with Gasteiger partial charge < -0.3 is 19.5 Å². The fraction of sp³-hybridized carbons (Fsp3) is 0.350. The molecule has 0 saturated carbocycles. The lowest BCUT2D eigenvalue weighted by molar-refractivity contribution is -0.386. The van der Waals surface area contributed by atoms with E-state index < -0.39 is 11.0 Å². The number of hydrogen-bond acceptors (Lipinski definition) is 6. The molecule has 2 rings (SSSR count). The van der Waals surface area contributed by atoms with Crippen LogP contribution in [-0.2, 0) is 9.47 Å². The molecule has 0 spiro atoms. The Kier molecular flexibility index (Phi) is 7.91. The molecule has 1 atom stereocenters. The van der Waals surface area contributed by atoms with Crippen LogP contribution < -0.4 is 10.1 Å². The lowest BCUT2D eigenvalue weighted by atomic mass is 10.0. The van der Waals surface area contributed by atoms with Crippen LogP contribution in [0.2, 0.25) is 0 Å². The molecule has 8 heteroatoms. The Morgan fingerprint density at radius 1 is 1.18 bits per heavy atom. The first-order valence-corrected chi connectivity index (χ1v) is 8.74. The SMILES string of the molecule is COCOC(CCNC(=O)c1ccc(OC)cc1)c1cc(C)ccc1[N+](=O)[O-]. The zero-order valence-corrected chi connectivity index (χ0v) is 16.1. The standard InChI is InChI=1S/C20H24N2O6/c1-14-4-9-18(22(24)25)17(12-14)19(28-13-26-2)10-11-21-20(23)15-5-7-16(27-3)8-6-15/h4-9,12,19H,10-11,13H2,1-3H3,(H,21,23). The molecule has 150 valence electrons. The molecule has 0 aliphatic heterocycles. The number of methoxy groups -OCH3 is 2. The van der Waals surface area contributed by atoms with Crippen LogP contribution in [0.4, 0.5) is 5.69 Å². The Bertz CT molecular complexity index is 807. The number of hydrogen-bond donors (Lipinski definition) is 1. The van der Waals surface area contributed by atoms with E-state index in [9.17, 15) is 14.9 Å². The van der Waals surface area contributed by atoms with Gasteiger partial charge in [-0.2, -0.15) is 0 Å². The van der Waals surface area contributed by atoms with Gasteiger partial charge in [0, 0.05) is 25.3 Å². The van der Waals surface area contributed by atoms with Crippen LogP contribution in [0, 0.1) is 17.0 Å². The van der Waals surface area contributed by atoms with E-state index >= 15 is 0 Å². The zero-order chi connectivity index (χ0) is 20.5. The van der Waals surface area contributed by atoms with Crippen molar-refractivity contribution in [3.63, 3.8) is 0 Å². The van der Waals surface area contributed by atoms with Gasteiger partial charge in [-0.3, -0.25) is 14.9 Å². The maximum atomic E-state index is 12.3. The highest BCUT2D eigenvalue weighted by atomic mass is 16.7. The van der Waals surface area contributed by atoms with Gasteiger partial charge in [-0.1, -0.05) is 11.6 Å². The summed E-state index contributed by atoms with van der Waals surface area (Å²) in [5, 5.41) is 14.2. The molecule has 1 unspecified atom stereocenters. The third kappa shape index (κ3) is 5.77. The Morgan fingerprint density at radius 3 is 2.50 bits per heavy atom. The molecule has 0 bridgehead atoms. The lowest BCUT2D eigenvalue weighted by Crippen LogP contribution is -2.26. The monoisotopic (exact) mass is 388 g/mol. The summed E-state index contributed by atoms with van der Waals surface area (Å²) >= 11 is 0. The van der Waals surface area contributed by atoms with Crippen molar-refractivity contribution in [3.05, 3.63) is 69.3 Å². The van der Waals surface area contributed by atoms with Crippen molar-refractivity contribution >= 4 is 11.6 Å². The number of carbonyl (C=O) groups excluding carboxylic acids is 1. The first kappa shape index (κ1) is 21.3. The predicted molar refractivity (Wildman–Crippen MR) is 103 cm³/mol. The Balaban J connectivity index is 2.07. The van der Waals surface area contributed by atoms with Crippen LogP contribution in [-0.4, -0.2) is 38.4 Å². The average Bonchev–Trinajstić information content (AvgIpc) is 2.70. The molecule has 1 amide bonds. The Labute approximate surface area is 163 Å². The van der Waals surface area contributed by atoms with E-state index in [1.54, 1.807) is 43.5 Å². The Morgan fingerprint density at radius 2 is 1.89 bits per heavy atom. The minimum absolute atomic E-state index is 0.0117. The molecule has 2 aromatic carbocycles. The summed E-state index contributed by atoms with van der Waals surface area (Å²) < 4.78 is 15.7. The second kappa shape index (κ2) is 10.4. The van der Waals surface area contributed by atoms with Crippen LogP contribution >= 0.6 is 0 Å². The number of nitro groups is 1. The highest BCUT2D eigenvalue weighted by Crippen LogP contribution is 2.30. The minimum atomic E-state index is -0.587. The molecule has 0 heterocycles. The van der Waals surface area contributed by atoms with Crippen molar-refractivity contribution in [2.75, 3.05) is 27.6 Å². The van der Waals surface area contributed by atoms with Crippen LogP contribution in [0.15, 0.2) is 42.5 Å². The number of ether oxygens (including phenoxy) is 3. The number of nitrogens with one attached hydrogen (secondary N) is 1. The summed E-state index contributed by atoms with van der Waals surface area (Å²) in [6.07, 6.45) is -0.230. The zero-order valence-electron chi connectivity index (χ0n) is 16.1. The van der Waals surface area contributed by atoms with Gasteiger partial charge in [-0.05, 0) is 43.7 Å². The van der Waals surface area contributed by atoms with Gasteiger partial charge in [-0.15, -0.1) is 0 Å². The number of benzene rings is 2. The number of carbonyl (C=O) groups is 1. The molecular weight excluding hydrogens is 364 g/mol. The quantitative estimate of drug-likeness (QED) is 0.380. The predicted octanol–water partition coefficient (Wildman–Crippen LogP) is 3.39. The molecular formula is C20H24N2O6. The smallest absolute Gasteiger partial charge is 0.275 e. The molecule has 0 radical (unpaired) electrons. The van der Waals surface area contributed by atoms with E-state index in [1.165, 1.54) is 13.2 Å². The summed E-state index contributed by atoms with van der Waals surface area (Å²) in [7, 11) is 3.03. The van der Waals surface area contributed by atoms with Gasteiger partial charge in [0.15, 0.2) is 0 Å². The summed E-state index contributed by atoms with van der Waals surface area (Å²) in [6, 6.07) is 11.6. The van der Waals surface area contributed by atoms with Crippen molar-refractivity contribution in [3.8, 4) is 5.75 Å². The van der Waals surface area contributed by atoms with E-state index in [-0.39, 0.29) is 24.9 Å². The number of aryl methyl sites for hydroxylation is 1. The van der Waals surface area contributed by atoms with Gasteiger partial charge in [0.25, 0.3) is 11.6 Å². The average molecular weight is 388 g/mol. The maximum Gasteiger partial charge on any atom is 0.275 e.